The molecule has 0 spiro atoms. The highest BCUT2D eigenvalue weighted by Crippen LogP contribution is 2.25. The Morgan fingerprint density at radius 1 is 1.40 bits per heavy atom. The number of hydrogen-bond acceptors (Lipinski definition) is 7. The van der Waals surface area contributed by atoms with E-state index in [0.717, 1.165) is 6.42 Å². The molecule has 3 N–H and O–H groups in total. The number of amides is 1. The first kappa shape index (κ1) is 16.7. The molecule has 1 aromatic rings. The minimum Gasteiger partial charge on any atom is -0.385 e. The number of thiazole rings is 1. The number of nitrogens with zero attached hydrogens (tertiary/aromatic N) is 2. The lowest BCUT2D eigenvalue weighted by Gasteiger charge is -2.15. The molecule has 0 aliphatic heterocycles. The van der Waals surface area contributed by atoms with Crippen LogP contribution in [0.1, 0.15) is 16.1 Å². The molecule has 0 atom stereocenters. The van der Waals surface area contributed by atoms with Crippen LogP contribution in [0.2, 0.25) is 0 Å². The van der Waals surface area contributed by atoms with Gasteiger partial charge in [0.25, 0.3) is 5.91 Å². The zero-order valence-corrected chi connectivity index (χ0v) is 13.0. The molecule has 1 amide bonds. The molecule has 0 fully saturated rings. The average molecular weight is 302 g/mol. The Kier molecular flexibility index (Phi) is 7.27. The first-order valence-electron chi connectivity index (χ1n) is 6.33. The maximum atomic E-state index is 12.2. The lowest BCUT2D eigenvalue weighted by atomic mass is 10.3. The molecule has 0 bridgehead atoms. The molecule has 114 valence electrons. The zero-order valence-electron chi connectivity index (χ0n) is 12.1. The molecule has 20 heavy (non-hydrogen) atoms. The van der Waals surface area contributed by atoms with Gasteiger partial charge in [0.15, 0.2) is 5.13 Å². The van der Waals surface area contributed by atoms with E-state index in [9.17, 15) is 4.79 Å². The quantitative estimate of drug-likeness (QED) is 0.659. The molecule has 0 aliphatic carbocycles. The number of nitrogens with one attached hydrogen (secondary N) is 1. The van der Waals surface area contributed by atoms with Gasteiger partial charge in [-0.1, -0.05) is 11.3 Å². The van der Waals surface area contributed by atoms with Gasteiger partial charge in [0.2, 0.25) is 0 Å². The lowest BCUT2D eigenvalue weighted by molar-refractivity contribution is 0.0785. The summed E-state index contributed by atoms with van der Waals surface area (Å²) in [7, 11) is 5.01. The number of ether oxygens (including phenoxy) is 2. The average Bonchev–Trinajstić information content (AvgIpc) is 2.79. The number of aromatic nitrogens is 1. The summed E-state index contributed by atoms with van der Waals surface area (Å²) >= 11 is 1.26. The van der Waals surface area contributed by atoms with E-state index < -0.39 is 0 Å². The van der Waals surface area contributed by atoms with Crippen molar-refractivity contribution < 1.29 is 14.3 Å². The van der Waals surface area contributed by atoms with Crippen molar-refractivity contribution in [2.45, 2.75) is 6.42 Å². The molecule has 0 aliphatic rings. The Balaban J connectivity index is 2.58. The third kappa shape index (κ3) is 4.95. The summed E-state index contributed by atoms with van der Waals surface area (Å²) in [6.07, 6.45) is 0.788. The number of carbonyl (C=O) groups excluding carboxylic acids is 1. The van der Waals surface area contributed by atoms with Gasteiger partial charge in [0.1, 0.15) is 10.7 Å². The van der Waals surface area contributed by atoms with Crippen LogP contribution in [0.4, 0.5) is 10.9 Å². The first-order valence-corrected chi connectivity index (χ1v) is 7.15. The normalized spacial score (nSPS) is 10.6. The number of nitrogen functional groups attached to an aromatic ring is 1. The highest BCUT2D eigenvalue weighted by molar-refractivity contribution is 7.18. The van der Waals surface area contributed by atoms with Crippen molar-refractivity contribution in [3.8, 4) is 0 Å². The molecule has 1 rings (SSSR count). The minimum absolute atomic E-state index is 0.115. The summed E-state index contributed by atoms with van der Waals surface area (Å²) < 4.78 is 9.90. The van der Waals surface area contributed by atoms with Gasteiger partial charge in [0.05, 0.1) is 6.61 Å². The minimum atomic E-state index is -0.115. The van der Waals surface area contributed by atoms with Gasteiger partial charge >= 0.3 is 0 Å². The summed E-state index contributed by atoms with van der Waals surface area (Å²) in [6, 6.07) is 0. The van der Waals surface area contributed by atoms with Crippen molar-refractivity contribution in [3.63, 3.8) is 0 Å². The fraction of sp³-hybridized carbons (Fsp3) is 0.667. The topological polar surface area (TPSA) is 89.7 Å². The van der Waals surface area contributed by atoms with E-state index in [-0.39, 0.29) is 11.7 Å². The van der Waals surface area contributed by atoms with Crippen molar-refractivity contribution in [2.75, 3.05) is 58.6 Å². The molecular weight excluding hydrogens is 280 g/mol. The van der Waals surface area contributed by atoms with Crippen LogP contribution in [0.15, 0.2) is 0 Å². The van der Waals surface area contributed by atoms with Crippen molar-refractivity contribution in [2.24, 2.45) is 0 Å². The summed E-state index contributed by atoms with van der Waals surface area (Å²) in [5, 5.41) is 3.70. The maximum Gasteiger partial charge on any atom is 0.267 e. The van der Waals surface area contributed by atoms with E-state index >= 15 is 0 Å². The molecule has 0 aromatic carbocycles. The SMILES string of the molecule is COCCCN(C)C(=O)c1sc(NCCOC)nc1N. The number of anilines is 2. The van der Waals surface area contributed by atoms with Crippen molar-refractivity contribution in [1.82, 2.24) is 9.88 Å². The third-order valence-electron chi connectivity index (χ3n) is 2.62. The van der Waals surface area contributed by atoms with Crippen LogP contribution in [-0.2, 0) is 9.47 Å². The Labute approximate surface area is 123 Å². The van der Waals surface area contributed by atoms with Crippen molar-refractivity contribution >= 4 is 28.2 Å². The Morgan fingerprint density at radius 2 is 2.10 bits per heavy atom. The number of hydrogen-bond donors (Lipinski definition) is 2. The van der Waals surface area contributed by atoms with Gasteiger partial charge in [-0.25, -0.2) is 4.98 Å². The fourth-order valence-corrected chi connectivity index (χ4v) is 2.45. The molecule has 1 heterocycles. The van der Waals surface area contributed by atoms with Gasteiger partial charge < -0.3 is 25.4 Å². The van der Waals surface area contributed by atoms with E-state index in [2.05, 4.69) is 10.3 Å². The second-order valence-electron chi connectivity index (χ2n) is 4.23. The lowest BCUT2D eigenvalue weighted by Crippen LogP contribution is -2.28. The van der Waals surface area contributed by atoms with Gasteiger partial charge in [-0.15, -0.1) is 0 Å². The number of carbonyl (C=O) groups is 1. The Morgan fingerprint density at radius 3 is 2.75 bits per heavy atom. The Hall–Kier alpha value is -1.38. The standard InChI is InChI=1S/C12H22N4O3S/c1-16(6-4-7-18-2)11(17)9-10(13)15-12(20-9)14-5-8-19-3/h4-8,13H2,1-3H3,(H,14,15). The first-order chi connectivity index (χ1) is 9.60. The van der Waals surface area contributed by atoms with Crippen LogP contribution in [0.25, 0.3) is 0 Å². The van der Waals surface area contributed by atoms with Crippen LogP contribution in [0.5, 0.6) is 0 Å². The van der Waals surface area contributed by atoms with Crippen molar-refractivity contribution in [1.29, 1.82) is 0 Å². The summed E-state index contributed by atoms with van der Waals surface area (Å²) in [6.45, 7) is 2.44. The Bertz CT molecular complexity index is 425. The number of nitrogens with two attached hydrogens (primary N) is 1. The molecule has 0 saturated carbocycles. The van der Waals surface area contributed by atoms with Gasteiger partial charge in [-0.05, 0) is 6.42 Å². The molecule has 7 nitrogen and oxygen atoms in total. The van der Waals surface area contributed by atoms with E-state index in [1.807, 2.05) is 0 Å². The van der Waals surface area contributed by atoms with E-state index in [1.54, 1.807) is 26.2 Å². The van der Waals surface area contributed by atoms with Crippen LogP contribution in [-0.4, -0.2) is 63.4 Å². The molecule has 1 aromatic heterocycles. The van der Waals surface area contributed by atoms with E-state index in [0.29, 0.717) is 36.3 Å². The largest absolute Gasteiger partial charge is 0.385 e. The monoisotopic (exact) mass is 302 g/mol. The van der Waals surface area contributed by atoms with Crippen LogP contribution in [0.3, 0.4) is 0 Å². The predicted octanol–water partition coefficient (Wildman–Crippen LogP) is 0.892. The highest BCUT2D eigenvalue weighted by atomic mass is 32.1. The van der Waals surface area contributed by atoms with Gasteiger partial charge in [-0.2, -0.15) is 0 Å². The molecule has 0 unspecified atom stereocenters. The molecule has 8 heteroatoms. The maximum absolute atomic E-state index is 12.2. The van der Waals surface area contributed by atoms with Gasteiger partial charge in [-0.3, -0.25) is 4.79 Å². The molecular formula is C12H22N4O3S. The summed E-state index contributed by atoms with van der Waals surface area (Å²) in [4.78, 5) is 18.5. The van der Waals surface area contributed by atoms with Gasteiger partial charge in [0, 0.05) is 41.0 Å². The number of rotatable bonds is 9. The number of methoxy groups -OCH3 is 2. The van der Waals surface area contributed by atoms with E-state index in [1.165, 1.54) is 11.3 Å². The highest BCUT2D eigenvalue weighted by Gasteiger charge is 2.19. The smallest absolute Gasteiger partial charge is 0.267 e. The third-order valence-corrected chi connectivity index (χ3v) is 3.64. The van der Waals surface area contributed by atoms with Crippen LogP contribution < -0.4 is 11.1 Å². The predicted molar refractivity (Wildman–Crippen MR) is 80.3 cm³/mol. The zero-order chi connectivity index (χ0) is 15.0. The molecule has 0 radical (unpaired) electrons. The van der Waals surface area contributed by atoms with E-state index in [4.69, 9.17) is 15.2 Å². The fourth-order valence-electron chi connectivity index (χ4n) is 1.54. The van der Waals surface area contributed by atoms with Crippen LogP contribution in [0, 0.1) is 0 Å². The second kappa shape index (κ2) is 8.72. The van der Waals surface area contributed by atoms with Crippen molar-refractivity contribution in [3.05, 3.63) is 4.88 Å². The molecule has 0 saturated heterocycles. The second-order valence-corrected chi connectivity index (χ2v) is 5.23. The summed E-state index contributed by atoms with van der Waals surface area (Å²) in [5.74, 6) is 0.148. The summed E-state index contributed by atoms with van der Waals surface area (Å²) in [5.41, 5.74) is 5.80. The van der Waals surface area contributed by atoms with Crippen LogP contribution >= 0.6 is 11.3 Å².